The summed E-state index contributed by atoms with van der Waals surface area (Å²) in [5.74, 6) is 1.29. The van der Waals surface area contributed by atoms with Gasteiger partial charge < -0.3 is 9.47 Å². The van der Waals surface area contributed by atoms with Gasteiger partial charge in [-0.3, -0.25) is 9.89 Å². The van der Waals surface area contributed by atoms with Gasteiger partial charge in [0.2, 0.25) is 4.77 Å². The van der Waals surface area contributed by atoms with Gasteiger partial charge in [-0.15, -0.1) is 0 Å². The van der Waals surface area contributed by atoms with Gasteiger partial charge in [-0.25, -0.2) is 0 Å². The van der Waals surface area contributed by atoms with E-state index in [1.807, 2.05) is 19.9 Å². The summed E-state index contributed by atoms with van der Waals surface area (Å²) in [6, 6.07) is 5.42. The summed E-state index contributed by atoms with van der Waals surface area (Å²) in [4.78, 5) is 12.0. The Morgan fingerprint density at radius 3 is 2.70 bits per heavy atom. The molecule has 0 radical (unpaired) electrons. The van der Waals surface area contributed by atoms with Crippen LogP contribution in [0.15, 0.2) is 28.1 Å². The number of H-pyrrole nitrogens is 1. The van der Waals surface area contributed by atoms with Crippen molar-refractivity contribution in [2.45, 2.75) is 20.8 Å². The highest BCUT2D eigenvalue weighted by Crippen LogP contribution is 2.27. The Bertz CT molecular complexity index is 826. The molecule has 1 aromatic heterocycles. The van der Waals surface area contributed by atoms with Crippen LogP contribution in [0.25, 0.3) is 0 Å². The molecule has 7 nitrogen and oxygen atoms in total. The standard InChI is InChI=1S/C15H18N4O3S/c1-4-21-12-7-6-11(8-13(12)22-5-2)9-16-19-14(20)10(3)17-18-15(19)23/h6-9H,4-5H2,1-3H3,(H,18,23)/b16-9+. The summed E-state index contributed by atoms with van der Waals surface area (Å²) in [6.07, 6.45) is 1.53. The van der Waals surface area contributed by atoms with Gasteiger partial charge in [0, 0.05) is 0 Å². The monoisotopic (exact) mass is 334 g/mol. The Kier molecular flexibility index (Phi) is 5.64. The lowest BCUT2D eigenvalue weighted by atomic mass is 10.2. The van der Waals surface area contributed by atoms with Gasteiger partial charge in [0.1, 0.15) is 5.69 Å². The fraction of sp³-hybridized carbons (Fsp3) is 0.333. The van der Waals surface area contributed by atoms with Gasteiger partial charge in [0.25, 0.3) is 5.56 Å². The van der Waals surface area contributed by atoms with Crippen molar-refractivity contribution in [3.8, 4) is 11.5 Å². The maximum absolute atomic E-state index is 12.0. The van der Waals surface area contributed by atoms with E-state index in [1.54, 1.807) is 19.1 Å². The Morgan fingerprint density at radius 1 is 1.30 bits per heavy atom. The lowest BCUT2D eigenvalue weighted by Gasteiger charge is -2.11. The summed E-state index contributed by atoms with van der Waals surface area (Å²) in [6.45, 7) is 6.47. The summed E-state index contributed by atoms with van der Waals surface area (Å²) in [7, 11) is 0. The molecule has 0 aliphatic carbocycles. The Morgan fingerprint density at radius 2 is 2.00 bits per heavy atom. The number of aromatic nitrogens is 3. The minimum atomic E-state index is -0.360. The van der Waals surface area contributed by atoms with Gasteiger partial charge in [-0.1, -0.05) is 0 Å². The average Bonchev–Trinajstić information content (AvgIpc) is 2.54. The summed E-state index contributed by atoms with van der Waals surface area (Å²) in [5, 5.41) is 10.5. The van der Waals surface area contributed by atoms with Gasteiger partial charge in [-0.05, 0) is 56.8 Å². The maximum atomic E-state index is 12.0. The first-order chi connectivity index (χ1) is 11.1. The fourth-order valence-corrected chi connectivity index (χ4v) is 2.03. The van der Waals surface area contributed by atoms with Crippen molar-refractivity contribution in [1.82, 2.24) is 14.9 Å². The minimum Gasteiger partial charge on any atom is -0.490 e. The summed E-state index contributed by atoms with van der Waals surface area (Å²) in [5.41, 5.74) is 0.686. The largest absolute Gasteiger partial charge is 0.490 e. The molecule has 1 heterocycles. The first kappa shape index (κ1) is 16.9. The molecule has 8 heteroatoms. The highest BCUT2D eigenvalue weighted by atomic mass is 32.1. The second-order valence-corrected chi connectivity index (χ2v) is 4.93. The third-order valence-corrected chi connectivity index (χ3v) is 3.17. The third-order valence-electron chi connectivity index (χ3n) is 2.90. The van der Waals surface area contributed by atoms with E-state index in [2.05, 4.69) is 15.3 Å². The highest BCUT2D eigenvalue weighted by Gasteiger charge is 2.06. The van der Waals surface area contributed by atoms with Gasteiger partial charge in [0.15, 0.2) is 11.5 Å². The SMILES string of the molecule is CCOc1ccc(/C=N/n2c(=S)[nH]nc(C)c2=O)cc1OCC. The Balaban J connectivity index is 2.37. The first-order valence-electron chi connectivity index (χ1n) is 7.19. The smallest absolute Gasteiger partial charge is 0.296 e. The molecule has 0 saturated heterocycles. The highest BCUT2D eigenvalue weighted by molar-refractivity contribution is 7.71. The van der Waals surface area contributed by atoms with E-state index in [0.29, 0.717) is 24.7 Å². The molecule has 23 heavy (non-hydrogen) atoms. The number of hydrogen-bond donors (Lipinski definition) is 1. The van der Waals surface area contributed by atoms with Gasteiger partial charge >= 0.3 is 0 Å². The quantitative estimate of drug-likeness (QED) is 0.647. The van der Waals surface area contributed by atoms with Crippen molar-refractivity contribution in [3.05, 3.63) is 44.6 Å². The molecule has 0 spiro atoms. The number of aromatic amines is 1. The Labute approximate surface area is 138 Å². The van der Waals surface area contributed by atoms with E-state index in [-0.39, 0.29) is 16.0 Å². The van der Waals surface area contributed by atoms with Crippen molar-refractivity contribution < 1.29 is 9.47 Å². The lowest BCUT2D eigenvalue weighted by Crippen LogP contribution is -2.22. The molecule has 0 unspecified atom stereocenters. The zero-order chi connectivity index (χ0) is 16.8. The lowest BCUT2D eigenvalue weighted by molar-refractivity contribution is 0.288. The molecule has 0 atom stereocenters. The van der Waals surface area contributed by atoms with Crippen molar-refractivity contribution in [2.75, 3.05) is 13.2 Å². The molecule has 0 saturated carbocycles. The average molecular weight is 334 g/mol. The molecule has 122 valence electrons. The predicted octanol–water partition coefficient (Wildman–Crippen LogP) is 2.29. The van der Waals surface area contributed by atoms with Crippen LogP contribution in [0.5, 0.6) is 11.5 Å². The van der Waals surface area contributed by atoms with Crippen LogP contribution in [0.1, 0.15) is 25.1 Å². The number of hydrogen-bond acceptors (Lipinski definition) is 6. The molecule has 1 aromatic carbocycles. The molecule has 2 aromatic rings. The number of ether oxygens (including phenoxy) is 2. The van der Waals surface area contributed by atoms with Gasteiger partial charge in [0.05, 0.1) is 19.4 Å². The third kappa shape index (κ3) is 4.04. The van der Waals surface area contributed by atoms with E-state index in [9.17, 15) is 4.79 Å². The summed E-state index contributed by atoms with van der Waals surface area (Å²) < 4.78 is 12.3. The number of rotatable bonds is 6. The van der Waals surface area contributed by atoms with E-state index in [1.165, 1.54) is 6.21 Å². The van der Waals surface area contributed by atoms with E-state index in [4.69, 9.17) is 21.7 Å². The molecule has 2 rings (SSSR count). The molecular formula is C15H18N4O3S. The van der Waals surface area contributed by atoms with Crippen molar-refractivity contribution in [1.29, 1.82) is 0 Å². The van der Waals surface area contributed by atoms with Crippen LogP contribution >= 0.6 is 12.2 Å². The fourth-order valence-electron chi connectivity index (χ4n) is 1.85. The van der Waals surface area contributed by atoms with E-state index in [0.717, 1.165) is 10.2 Å². The predicted molar refractivity (Wildman–Crippen MR) is 90.2 cm³/mol. The van der Waals surface area contributed by atoms with Crippen molar-refractivity contribution in [3.63, 3.8) is 0 Å². The Hall–Kier alpha value is -2.48. The number of nitrogens with one attached hydrogen (secondary N) is 1. The molecule has 1 N–H and O–H groups in total. The second-order valence-electron chi connectivity index (χ2n) is 4.55. The van der Waals surface area contributed by atoms with E-state index < -0.39 is 0 Å². The second kappa shape index (κ2) is 7.68. The van der Waals surface area contributed by atoms with Crippen LogP contribution in [0.4, 0.5) is 0 Å². The molecule has 0 fully saturated rings. The summed E-state index contributed by atoms with van der Waals surface area (Å²) >= 11 is 5.02. The molecular weight excluding hydrogens is 316 g/mol. The molecule has 0 bridgehead atoms. The minimum absolute atomic E-state index is 0.132. The van der Waals surface area contributed by atoms with Crippen LogP contribution in [0.3, 0.4) is 0 Å². The molecule has 0 aliphatic heterocycles. The van der Waals surface area contributed by atoms with Gasteiger partial charge in [-0.2, -0.15) is 14.9 Å². The van der Waals surface area contributed by atoms with Crippen molar-refractivity contribution >= 4 is 18.4 Å². The zero-order valence-corrected chi connectivity index (χ0v) is 14.0. The van der Waals surface area contributed by atoms with Crippen LogP contribution in [-0.2, 0) is 0 Å². The van der Waals surface area contributed by atoms with Crippen molar-refractivity contribution in [2.24, 2.45) is 5.10 Å². The first-order valence-corrected chi connectivity index (χ1v) is 7.60. The molecule has 0 aliphatic rings. The normalized spacial score (nSPS) is 10.9. The number of nitrogens with zero attached hydrogens (tertiary/aromatic N) is 3. The van der Waals surface area contributed by atoms with Crippen LogP contribution in [-0.4, -0.2) is 34.3 Å². The number of benzene rings is 1. The maximum Gasteiger partial charge on any atom is 0.296 e. The topological polar surface area (TPSA) is 81.5 Å². The zero-order valence-electron chi connectivity index (χ0n) is 13.2. The van der Waals surface area contributed by atoms with Crippen LogP contribution in [0, 0.1) is 11.7 Å². The van der Waals surface area contributed by atoms with Crippen LogP contribution in [0.2, 0.25) is 0 Å². The van der Waals surface area contributed by atoms with E-state index >= 15 is 0 Å². The number of aryl methyl sites for hydroxylation is 1. The van der Waals surface area contributed by atoms with Crippen LogP contribution < -0.4 is 15.0 Å². The molecule has 0 amide bonds.